The third-order valence-electron chi connectivity index (χ3n) is 9.63. The van der Waals surface area contributed by atoms with Crippen LogP contribution in [0.25, 0.3) is 0 Å². The fourth-order valence-electron chi connectivity index (χ4n) is 7.31. The molecule has 13 heteroatoms. The van der Waals surface area contributed by atoms with E-state index in [1.165, 1.54) is 43.4 Å². The molecule has 47 heavy (non-hydrogen) atoms. The van der Waals surface area contributed by atoms with Crippen molar-refractivity contribution in [2.45, 2.75) is 64.2 Å². The van der Waals surface area contributed by atoms with E-state index in [4.69, 9.17) is 23.2 Å². The topological polar surface area (TPSA) is 135 Å². The third kappa shape index (κ3) is 8.37. The van der Waals surface area contributed by atoms with Crippen LogP contribution in [0.1, 0.15) is 68.4 Å². The maximum atomic E-state index is 13.8. The minimum atomic E-state index is -1.35. The van der Waals surface area contributed by atoms with Gasteiger partial charge < -0.3 is 25.7 Å². The Kier molecular flexibility index (Phi) is 12.0. The Morgan fingerprint density at radius 3 is 2.26 bits per heavy atom. The summed E-state index contributed by atoms with van der Waals surface area (Å²) in [5.74, 6) is -4.14. The fraction of sp³-hybridized carbons (Fsp3) is 0.529. The molecule has 5 rings (SSSR count). The molecule has 1 unspecified atom stereocenters. The molecule has 1 saturated carbocycles. The van der Waals surface area contributed by atoms with Gasteiger partial charge in [-0.15, -0.1) is 11.3 Å². The number of thiazole rings is 1. The Balaban J connectivity index is 1.39. The molecule has 0 radical (unpaired) electrons. The number of aryl methyl sites for hydroxylation is 1. The second-order valence-electron chi connectivity index (χ2n) is 12.7. The minimum Gasteiger partial charge on any atom is -0.478 e. The van der Waals surface area contributed by atoms with Crippen LogP contribution in [0.2, 0.25) is 10.0 Å². The molecule has 0 spiro atoms. The van der Waals surface area contributed by atoms with E-state index < -0.39 is 17.9 Å². The highest BCUT2D eigenvalue weighted by atomic mass is 35.5. The molecule has 254 valence electrons. The number of nitrogens with zero attached hydrogens (tertiary/aromatic N) is 3. The molecular weight excluding hydrogens is 661 g/mol. The smallest absolute Gasteiger partial charge is 0.334 e. The number of allylic oxidation sites excluding steroid dienone is 1. The summed E-state index contributed by atoms with van der Waals surface area (Å²) in [4.78, 5) is 48.1. The van der Waals surface area contributed by atoms with Gasteiger partial charge in [-0.2, -0.15) is 0 Å². The summed E-state index contributed by atoms with van der Waals surface area (Å²) >= 11 is 14.6. The number of amides is 1. The molecular formula is C34H43Cl2N5O5S. The van der Waals surface area contributed by atoms with Crippen LogP contribution in [-0.2, 0) is 20.8 Å². The number of carbonyl (C=O) groups is 3. The molecule has 4 N–H and O–H groups in total. The van der Waals surface area contributed by atoms with Crippen LogP contribution >= 0.6 is 34.5 Å². The Morgan fingerprint density at radius 2 is 1.66 bits per heavy atom. The number of carbonyl (C=O) groups excluding carboxylic acids is 1. The lowest BCUT2D eigenvalue weighted by molar-refractivity contribution is -0.133. The van der Waals surface area contributed by atoms with Crippen molar-refractivity contribution in [2.75, 3.05) is 45.8 Å². The number of benzene rings is 1. The van der Waals surface area contributed by atoms with Crippen molar-refractivity contribution < 1.29 is 24.6 Å². The van der Waals surface area contributed by atoms with Crippen LogP contribution in [0.3, 0.4) is 0 Å². The lowest BCUT2D eigenvalue weighted by atomic mass is 9.73. The highest BCUT2D eigenvalue weighted by Crippen LogP contribution is 2.45. The van der Waals surface area contributed by atoms with Gasteiger partial charge in [-0.3, -0.25) is 9.69 Å². The molecule has 1 aromatic heterocycles. The summed E-state index contributed by atoms with van der Waals surface area (Å²) < 4.78 is 0. The first-order valence-corrected chi connectivity index (χ1v) is 18.0. The van der Waals surface area contributed by atoms with Gasteiger partial charge in [-0.05, 0) is 43.4 Å². The molecule has 1 aromatic carbocycles. The van der Waals surface area contributed by atoms with Crippen LogP contribution in [0.5, 0.6) is 0 Å². The largest absolute Gasteiger partial charge is 0.478 e. The quantitative estimate of drug-likeness (QED) is 0.212. The van der Waals surface area contributed by atoms with Crippen molar-refractivity contribution in [3.8, 4) is 0 Å². The summed E-state index contributed by atoms with van der Waals surface area (Å²) in [5, 5.41) is 30.6. The Labute approximate surface area is 289 Å². The van der Waals surface area contributed by atoms with Gasteiger partial charge in [0.15, 0.2) is 0 Å². The maximum Gasteiger partial charge on any atom is 0.334 e. The second-order valence-corrected chi connectivity index (χ2v) is 14.5. The Hall–Kier alpha value is -2.96. The highest BCUT2D eigenvalue weighted by Gasteiger charge is 2.41. The average molecular weight is 705 g/mol. The molecule has 2 aromatic rings. The zero-order chi connectivity index (χ0) is 33.6. The number of rotatable bonds is 13. The highest BCUT2D eigenvalue weighted by molar-refractivity contribution is 7.09. The molecule has 3 aliphatic rings. The van der Waals surface area contributed by atoms with Gasteiger partial charge in [-0.25, -0.2) is 14.6 Å². The van der Waals surface area contributed by atoms with E-state index in [0.29, 0.717) is 25.2 Å². The van der Waals surface area contributed by atoms with Crippen LogP contribution in [0, 0.1) is 5.41 Å². The van der Waals surface area contributed by atoms with Crippen molar-refractivity contribution in [1.29, 1.82) is 0 Å². The van der Waals surface area contributed by atoms with Crippen molar-refractivity contribution in [2.24, 2.45) is 5.41 Å². The molecule has 3 heterocycles. The van der Waals surface area contributed by atoms with Crippen molar-refractivity contribution in [3.05, 3.63) is 72.9 Å². The van der Waals surface area contributed by atoms with Crippen LogP contribution in [0.4, 0.5) is 0 Å². The number of dihydropyridines is 1. The molecule has 0 bridgehead atoms. The predicted molar refractivity (Wildman–Crippen MR) is 184 cm³/mol. The number of piperazine rings is 1. The number of nitrogens with one attached hydrogen (secondary N) is 2. The van der Waals surface area contributed by atoms with E-state index >= 15 is 0 Å². The number of hydrogen-bond donors (Lipinski definition) is 4. The van der Waals surface area contributed by atoms with Gasteiger partial charge >= 0.3 is 11.9 Å². The van der Waals surface area contributed by atoms with E-state index in [2.05, 4.69) is 27.4 Å². The van der Waals surface area contributed by atoms with Crippen LogP contribution in [0.15, 0.2) is 52.3 Å². The molecule has 10 nitrogen and oxygen atoms in total. The van der Waals surface area contributed by atoms with E-state index in [-0.39, 0.29) is 56.6 Å². The molecule has 1 atom stereocenters. The molecule has 1 saturated heterocycles. The summed E-state index contributed by atoms with van der Waals surface area (Å²) in [6.07, 6.45) is 8.34. The summed E-state index contributed by atoms with van der Waals surface area (Å²) in [5.41, 5.74) is 0.498. The van der Waals surface area contributed by atoms with Crippen LogP contribution in [-0.4, -0.2) is 88.7 Å². The lowest BCUT2D eigenvalue weighted by Crippen LogP contribution is -2.53. The maximum absolute atomic E-state index is 13.8. The number of hydrogen-bond acceptors (Lipinski definition) is 8. The van der Waals surface area contributed by atoms with E-state index in [0.717, 1.165) is 37.7 Å². The van der Waals surface area contributed by atoms with E-state index in [1.807, 2.05) is 5.38 Å². The van der Waals surface area contributed by atoms with Crippen LogP contribution < -0.4 is 10.6 Å². The standard InChI is InChI=1S/C34H43Cl2N5O5S/c1-2-37-20-34(11-4-3-5-12-34)21-40-14-16-41(17-15-40)27(42)19-25-30(33(45)46)31(28-22(35)7-6-8-23(28)36)29(32(43)44)24(39-25)9-10-26-38-13-18-47-26/h6-8,13,18,31,37,39H,2-5,9-12,14-17,19-21H2,1H3,(H,43,44)(H,45,46). The van der Waals surface area contributed by atoms with Crippen molar-refractivity contribution >= 4 is 52.4 Å². The number of carboxylic acids is 2. The van der Waals surface area contributed by atoms with Crippen molar-refractivity contribution in [1.82, 2.24) is 25.4 Å². The zero-order valence-corrected chi connectivity index (χ0v) is 29.0. The molecule has 1 aliphatic carbocycles. The van der Waals surface area contributed by atoms with Gasteiger partial charge in [0, 0.05) is 84.3 Å². The molecule has 1 amide bonds. The van der Waals surface area contributed by atoms with Gasteiger partial charge in [0.1, 0.15) is 0 Å². The molecule has 2 fully saturated rings. The minimum absolute atomic E-state index is 0.146. The summed E-state index contributed by atoms with van der Waals surface area (Å²) in [6.45, 7) is 7.68. The van der Waals surface area contributed by atoms with Gasteiger partial charge in [0.2, 0.25) is 5.91 Å². The number of aliphatic carboxylic acids is 2. The van der Waals surface area contributed by atoms with E-state index in [9.17, 15) is 24.6 Å². The molecule has 2 aliphatic heterocycles. The first kappa shape index (κ1) is 35.3. The second kappa shape index (κ2) is 16.0. The Morgan fingerprint density at radius 1 is 1.00 bits per heavy atom. The number of carboxylic acid groups (broad SMARTS) is 2. The number of aromatic nitrogens is 1. The SMILES string of the molecule is CCNCC1(CN2CCN(C(=O)CC3=C(C(=O)O)C(c4c(Cl)cccc4Cl)C(C(=O)O)=C(CCc4nccs4)N3)CC2)CCCCC1. The monoisotopic (exact) mass is 703 g/mol. The predicted octanol–water partition coefficient (Wildman–Crippen LogP) is 5.54. The van der Waals surface area contributed by atoms with Gasteiger partial charge in [0.05, 0.1) is 28.5 Å². The van der Waals surface area contributed by atoms with Crippen molar-refractivity contribution in [3.63, 3.8) is 0 Å². The normalized spacial score (nSPS) is 20.3. The van der Waals surface area contributed by atoms with Gasteiger partial charge in [-0.1, -0.05) is 55.5 Å². The summed E-state index contributed by atoms with van der Waals surface area (Å²) in [7, 11) is 0. The summed E-state index contributed by atoms with van der Waals surface area (Å²) in [6, 6.07) is 4.73. The number of halogens is 2. The fourth-order valence-corrected chi connectivity index (χ4v) is 8.55. The lowest BCUT2D eigenvalue weighted by Gasteiger charge is -2.44. The zero-order valence-electron chi connectivity index (χ0n) is 26.7. The Bertz CT molecular complexity index is 1490. The first-order valence-electron chi connectivity index (χ1n) is 16.3. The van der Waals surface area contributed by atoms with Gasteiger partial charge in [0.25, 0.3) is 0 Å². The first-order chi connectivity index (χ1) is 22.6. The van der Waals surface area contributed by atoms with E-state index in [1.54, 1.807) is 29.3 Å². The third-order valence-corrected chi connectivity index (χ3v) is 11.1. The average Bonchev–Trinajstić information content (AvgIpc) is 3.57.